The van der Waals surface area contributed by atoms with E-state index in [9.17, 15) is 8.78 Å². The van der Waals surface area contributed by atoms with Crippen molar-refractivity contribution >= 4 is 0 Å². The molecule has 2 aromatic heterocycles. The molecule has 15 heavy (non-hydrogen) atoms. The summed E-state index contributed by atoms with van der Waals surface area (Å²) in [4.78, 5) is 6.95. The summed E-state index contributed by atoms with van der Waals surface area (Å²) < 4.78 is 25.6. The molecule has 0 N–H and O–H groups in total. The Morgan fingerprint density at radius 2 is 2.00 bits per heavy atom. The van der Waals surface area contributed by atoms with Gasteiger partial charge in [-0.2, -0.15) is 0 Å². The van der Waals surface area contributed by atoms with Gasteiger partial charge in [0.25, 0.3) is 0 Å². The molecule has 0 fully saturated rings. The molecule has 0 atom stereocenters. The largest absolute Gasteiger partial charge is 0.305 e. The maximum atomic E-state index is 13.1. The van der Waals surface area contributed by atoms with E-state index in [0.717, 1.165) is 6.07 Å². The molecule has 2 aromatic rings. The molecule has 5 heteroatoms. The molecule has 0 bridgehead atoms. The molecular weight excluding hydrogens is 378 g/mol. The number of aromatic nitrogens is 2. The van der Waals surface area contributed by atoms with E-state index >= 15 is 0 Å². The van der Waals surface area contributed by atoms with Crippen LogP contribution in [0.5, 0.6) is 0 Å². The Labute approximate surface area is 98.7 Å². The minimum Gasteiger partial charge on any atom is -0.305 e. The molecule has 0 aliphatic carbocycles. The Balaban J connectivity index is 0.00000112. The molecule has 0 aliphatic rings. The number of rotatable bonds is 1. The van der Waals surface area contributed by atoms with Crippen molar-refractivity contribution in [2.75, 3.05) is 0 Å². The van der Waals surface area contributed by atoms with Crippen LogP contribution in [0.2, 0.25) is 0 Å². The summed E-state index contributed by atoms with van der Waals surface area (Å²) >= 11 is 0. The third kappa shape index (κ3) is 2.64. The molecule has 1 radical (unpaired) electrons. The third-order valence-corrected chi connectivity index (χ3v) is 1.67. The van der Waals surface area contributed by atoms with E-state index in [4.69, 9.17) is 0 Å². The first kappa shape index (κ1) is 11.9. The van der Waals surface area contributed by atoms with Crippen molar-refractivity contribution in [3.8, 4) is 11.3 Å². The van der Waals surface area contributed by atoms with Crippen molar-refractivity contribution in [1.29, 1.82) is 0 Å². The van der Waals surface area contributed by atoms with Crippen LogP contribution in [-0.4, -0.2) is 9.97 Å². The Bertz CT molecular complexity index is 448. The summed E-state index contributed by atoms with van der Waals surface area (Å²) in [6.45, 7) is 0. The summed E-state index contributed by atoms with van der Waals surface area (Å²) in [6, 6.07) is 8.45. The minimum atomic E-state index is -0.899. The average Bonchev–Trinajstić information content (AvgIpc) is 2.19. The van der Waals surface area contributed by atoms with Crippen LogP contribution >= 0.6 is 0 Å². The van der Waals surface area contributed by atoms with Gasteiger partial charge in [0.1, 0.15) is 11.9 Å². The molecular formula is C10H5F2IrN2-. The molecule has 0 spiro atoms. The van der Waals surface area contributed by atoms with Crippen LogP contribution in [-0.2, 0) is 20.1 Å². The van der Waals surface area contributed by atoms with Crippen LogP contribution in [0.1, 0.15) is 0 Å². The summed E-state index contributed by atoms with van der Waals surface area (Å²) in [5.74, 6) is -1.79. The maximum Gasteiger partial charge on any atom is 0.128 e. The summed E-state index contributed by atoms with van der Waals surface area (Å²) in [5, 5.41) is 0. The molecule has 2 heterocycles. The van der Waals surface area contributed by atoms with Crippen LogP contribution in [0.25, 0.3) is 11.3 Å². The summed E-state index contributed by atoms with van der Waals surface area (Å²) in [6.07, 6.45) is 1.52. The van der Waals surface area contributed by atoms with Gasteiger partial charge in [-0.25, -0.2) is 8.78 Å². The molecule has 0 saturated carbocycles. The van der Waals surface area contributed by atoms with Crippen molar-refractivity contribution in [2.45, 2.75) is 0 Å². The molecule has 2 rings (SSSR count). The molecule has 79 valence electrons. The van der Waals surface area contributed by atoms with Crippen molar-refractivity contribution < 1.29 is 28.9 Å². The van der Waals surface area contributed by atoms with Gasteiger partial charge in [0.2, 0.25) is 0 Å². The minimum absolute atomic E-state index is 0. The molecule has 0 amide bonds. The van der Waals surface area contributed by atoms with Gasteiger partial charge in [0, 0.05) is 26.3 Å². The van der Waals surface area contributed by atoms with Gasteiger partial charge >= 0.3 is 0 Å². The van der Waals surface area contributed by atoms with Crippen LogP contribution < -0.4 is 0 Å². The number of pyridine rings is 2. The van der Waals surface area contributed by atoms with Gasteiger partial charge < -0.3 is 4.98 Å². The summed E-state index contributed by atoms with van der Waals surface area (Å²) in [5.41, 5.74) is 0.463. The van der Waals surface area contributed by atoms with Crippen LogP contribution in [0.15, 0.2) is 30.5 Å². The monoisotopic (exact) mass is 384 g/mol. The number of hydrogen-bond donors (Lipinski definition) is 0. The second-order valence-electron chi connectivity index (χ2n) is 2.60. The first-order valence-corrected chi connectivity index (χ1v) is 3.92. The molecule has 2 nitrogen and oxygen atoms in total. The van der Waals surface area contributed by atoms with E-state index < -0.39 is 11.9 Å². The number of hydrogen-bond acceptors (Lipinski definition) is 2. The second-order valence-corrected chi connectivity index (χ2v) is 2.60. The Morgan fingerprint density at radius 3 is 2.60 bits per heavy atom. The van der Waals surface area contributed by atoms with E-state index in [1.807, 2.05) is 0 Å². The first-order valence-electron chi connectivity index (χ1n) is 3.92. The smallest absolute Gasteiger partial charge is 0.128 e. The zero-order chi connectivity index (χ0) is 9.97. The fourth-order valence-corrected chi connectivity index (χ4v) is 1.06. The Hall–Kier alpha value is -1.19. The molecule has 0 aromatic carbocycles. The van der Waals surface area contributed by atoms with Gasteiger partial charge in [-0.3, -0.25) is 4.98 Å². The van der Waals surface area contributed by atoms with Gasteiger partial charge in [-0.15, -0.1) is 6.07 Å². The van der Waals surface area contributed by atoms with Crippen LogP contribution in [0.4, 0.5) is 8.78 Å². The fraction of sp³-hybridized carbons (Fsp3) is 0. The van der Waals surface area contributed by atoms with Crippen LogP contribution in [0.3, 0.4) is 0 Å². The molecule has 0 unspecified atom stereocenters. The van der Waals surface area contributed by atoms with E-state index in [0.29, 0.717) is 5.69 Å². The van der Waals surface area contributed by atoms with E-state index in [1.54, 1.807) is 18.2 Å². The van der Waals surface area contributed by atoms with Gasteiger partial charge in [-0.1, -0.05) is 23.8 Å². The van der Waals surface area contributed by atoms with E-state index in [1.165, 1.54) is 6.20 Å². The van der Waals surface area contributed by atoms with E-state index in [2.05, 4.69) is 16.0 Å². The van der Waals surface area contributed by atoms with Crippen LogP contribution in [0, 0.1) is 18.0 Å². The Morgan fingerprint density at radius 1 is 1.20 bits per heavy atom. The van der Waals surface area contributed by atoms with Crippen molar-refractivity contribution in [2.24, 2.45) is 0 Å². The van der Waals surface area contributed by atoms with Crippen molar-refractivity contribution in [3.05, 3.63) is 48.4 Å². The SMILES string of the molecule is Fc1c[c-]c(-c2ccccn2)c(F)n1.[Ir]. The third-order valence-electron chi connectivity index (χ3n) is 1.67. The van der Waals surface area contributed by atoms with E-state index in [-0.39, 0.29) is 25.7 Å². The average molecular weight is 383 g/mol. The summed E-state index contributed by atoms with van der Waals surface area (Å²) in [7, 11) is 0. The first-order chi connectivity index (χ1) is 6.77. The van der Waals surface area contributed by atoms with Crippen molar-refractivity contribution in [3.63, 3.8) is 0 Å². The standard InChI is InChI=1S/C10H5F2N2.Ir/c11-9-5-4-7(10(12)14-9)8-3-1-2-6-13-8;/h1-3,5-6H;/q-1;. The predicted molar refractivity (Wildman–Crippen MR) is 46.2 cm³/mol. The normalized spacial score (nSPS) is 9.47. The van der Waals surface area contributed by atoms with Crippen molar-refractivity contribution in [1.82, 2.24) is 9.97 Å². The number of halogens is 2. The fourth-order valence-electron chi connectivity index (χ4n) is 1.06. The predicted octanol–water partition coefficient (Wildman–Crippen LogP) is 2.22. The quantitative estimate of drug-likeness (QED) is 0.558. The molecule has 0 aliphatic heterocycles. The number of nitrogens with zero attached hydrogens (tertiary/aromatic N) is 2. The zero-order valence-corrected chi connectivity index (χ0v) is 9.77. The Kier molecular flexibility index (Phi) is 4.00. The maximum absolute atomic E-state index is 13.1. The van der Waals surface area contributed by atoms with Gasteiger partial charge in [0.15, 0.2) is 0 Å². The molecule has 0 saturated heterocycles. The second kappa shape index (κ2) is 5.05. The van der Waals surface area contributed by atoms with Gasteiger partial charge in [-0.05, 0) is 11.8 Å². The topological polar surface area (TPSA) is 25.8 Å². The zero-order valence-electron chi connectivity index (χ0n) is 7.37. The van der Waals surface area contributed by atoms with Gasteiger partial charge in [0.05, 0.1) is 0 Å².